The zero-order valence-electron chi connectivity index (χ0n) is 16.8. The molecule has 0 radical (unpaired) electrons. The first kappa shape index (κ1) is 21.6. The molecule has 0 saturated carbocycles. The molecule has 1 fully saturated rings. The van der Waals surface area contributed by atoms with Gasteiger partial charge in [-0.3, -0.25) is 0 Å². The van der Waals surface area contributed by atoms with Gasteiger partial charge in [0.2, 0.25) is 10.0 Å². The number of rotatable bonds is 3. The van der Waals surface area contributed by atoms with Gasteiger partial charge in [0.1, 0.15) is 5.82 Å². The number of aryl methyl sites for hydroxylation is 2. The van der Waals surface area contributed by atoms with Gasteiger partial charge in [-0.05, 0) is 62.1 Å². The van der Waals surface area contributed by atoms with Crippen LogP contribution in [0.2, 0.25) is 0 Å². The highest BCUT2D eigenvalue weighted by Gasteiger charge is 2.33. The quantitative estimate of drug-likeness (QED) is 0.747. The van der Waals surface area contributed by atoms with Crippen LogP contribution in [0.3, 0.4) is 0 Å². The van der Waals surface area contributed by atoms with Crippen molar-refractivity contribution >= 4 is 15.8 Å². The number of hydrogen-bond donors (Lipinski definition) is 0. The Morgan fingerprint density at radius 1 is 0.931 bits per heavy atom. The Kier molecular flexibility index (Phi) is 5.66. The first-order chi connectivity index (χ1) is 13.4. The topological polar surface area (TPSA) is 53.5 Å². The maximum atomic E-state index is 13.3. The number of benzene rings is 1. The Morgan fingerprint density at radius 2 is 1.48 bits per heavy atom. The van der Waals surface area contributed by atoms with Crippen molar-refractivity contribution in [3.05, 3.63) is 52.2 Å². The van der Waals surface area contributed by atoms with Gasteiger partial charge in [0.05, 0.1) is 10.5 Å². The molecule has 29 heavy (non-hydrogen) atoms. The average molecular weight is 427 g/mol. The lowest BCUT2D eigenvalue weighted by atomic mass is 10.0. The fourth-order valence-electron chi connectivity index (χ4n) is 3.60. The fraction of sp³-hybridized carbons (Fsp3) is 0.450. The summed E-state index contributed by atoms with van der Waals surface area (Å²) in [4.78, 5) is 6.06. The van der Waals surface area contributed by atoms with Crippen molar-refractivity contribution in [1.29, 1.82) is 0 Å². The van der Waals surface area contributed by atoms with Gasteiger partial charge in [0.15, 0.2) is 0 Å². The van der Waals surface area contributed by atoms with E-state index < -0.39 is 21.8 Å². The molecule has 5 nitrogen and oxygen atoms in total. The van der Waals surface area contributed by atoms with Gasteiger partial charge in [-0.15, -0.1) is 0 Å². The zero-order chi connectivity index (χ0) is 21.6. The van der Waals surface area contributed by atoms with Gasteiger partial charge >= 0.3 is 6.18 Å². The molecule has 9 heteroatoms. The predicted molar refractivity (Wildman–Crippen MR) is 106 cm³/mol. The van der Waals surface area contributed by atoms with E-state index in [0.29, 0.717) is 23.8 Å². The molecule has 0 unspecified atom stereocenters. The maximum absolute atomic E-state index is 13.3. The normalized spacial score (nSPS) is 16.3. The van der Waals surface area contributed by atoms with E-state index in [9.17, 15) is 21.6 Å². The second-order valence-corrected chi connectivity index (χ2v) is 9.26. The molecule has 1 aliphatic rings. The molecule has 1 aromatic carbocycles. The van der Waals surface area contributed by atoms with Crippen LogP contribution in [-0.4, -0.2) is 43.9 Å². The molecule has 0 spiro atoms. The van der Waals surface area contributed by atoms with E-state index in [4.69, 9.17) is 0 Å². The van der Waals surface area contributed by atoms with Gasteiger partial charge in [-0.25, -0.2) is 13.4 Å². The van der Waals surface area contributed by atoms with Gasteiger partial charge < -0.3 is 4.90 Å². The van der Waals surface area contributed by atoms with E-state index in [1.54, 1.807) is 4.90 Å². The van der Waals surface area contributed by atoms with E-state index in [-0.39, 0.29) is 13.1 Å². The van der Waals surface area contributed by atoms with Crippen LogP contribution in [-0.2, 0) is 16.2 Å². The molecule has 2 heterocycles. The lowest BCUT2D eigenvalue weighted by Gasteiger charge is -2.35. The summed E-state index contributed by atoms with van der Waals surface area (Å²) in [5.41, 5.74) is 2.56. The lowest BCUT2D eigenvalue weighted by Crippen LogP contribution is -2.49. The van der Waals surface area contributed by atoms with E-state index in [0.717, 1.165) is 34.5 Å². The number of hydrogen-bond acceptors (Lipinski definition) is 4. The van der Waals surface area contributed by atoms with Crippen molar-refractivity contribution in [2.45, 2.75) is 38.8 Å². The Labute approximate surface area is 169 Å². The fourth-order valence-corrected chi connectivity index (χ4v) is 5.59. The van der Waals surface area contributed by atoms with Crippen molar-refractivity contribution in [2.24, 2.45) is 0 Å². The van der Waals surface area contributed by atoms with E-state index in [1.807, 2.05) is 33.8 Å². The number of sulfonamides is 1. The highest BCUT2D eigenvalue weighted by atomic mass is 32.2. The molecule has 2 aromatic rings. The second-order valence-electron chi connectivity index (χ2n) is 7.38. The van der Waals surface area contributed by atoms with Crippen molar-refractivity contribution in [3.63, 3.8) is 0 Å². The Bertz CT molecular complexity index is 984. The summed E-state index contributed by atoms with van der Waals surface area (Å²) in [7, 11) is -3.66. The maximum Gasteiger partial charge on any atom is 0.417 e. The smallest absolute Gasteiger partial charge is 0.354 e. The van der Waals surface area contributed by atoms with Gasteiger partial charge in [-0.2, -0.15) is 17.5 Å². The number of aromatic nitrogens is 1. The second kappa shape index (κ2) is 7.60. The summed E-state index contributed by atoms with van der Waals surface area (Å²) in [6, 6.07) is 4.30. The van der Waals surface area contributed by atoms with Crippen molar-refractivity contribution in [3.8, 4) is 0 Å². The minimum atomic E-state index is -4.43. The predicted octanol–water partition coefficient (Wildman–Crippen LogP) is 3.84. The molecule has 0 aliphatic carbocycles. The summed E-state index contributed by atoms with van der Waals surface area (Å²) in [5.74, 6) is 0.411. The molecule has 1 saturated heterocycles. The van der Waals surface area contributed by atoms with Gasteiger partial charge in [0.25, 0.3) is 0 Å². The first-order valence-electron chi connectivity index (χ1n) is 9.28. The summed E-state index contributed by atoms with van der Waals surface area (Å²) in [6.45, 7) is 8.65. The molecule has 3 rings (SSSR count). The summed E-state index contributed by atoms with van der Waals surface area (Å²) >= 11 is 0. The third-order valence-electron chi connectivity index (χ3n) is 5.53. The zero-order valence-corrected chi connectivity index (χ0v) is 17.7. The van der Waals surface area contributed by atoms with Gasteiger partial charge in [-0.1, -0.05) is 6.07 Å². The molecule has 0 N–H and O–H groups in total. The SMILES string of the molecule is Cc1cc(C)c(C)c(S(=O)(=O)N2CCN(c3ccc(C(F)(F)F)cn3)CC2)c1C. The number of piperazine rings is 1. The third-order valence-corrected chi connectivity index (χ3v) is 7.71. The minimum Gasteiger partial charge on any atom is -0.354 e. The summed E-state index contributed by atoms with van der Waals surface area (Å²) < 4.78 is 66.1. The lowest BCUT2D eigenvalue weighted by molar-refractivity contribution is -0.137. The third kappa shape index (κ3) is 4.11. The van der Waals surface area contributed by atoms with Crippen LogP contribution < -0.4 is 4.90 Å². The van der Waals surface area contributed by atoms with Crippen molar-refractivity contribution in [2.75, 3.05) is 31.1 Å². The summed E-state index contributed by atoms with van der Waals surface area (Å²) in [5, 5.41) is 0. The number of halogens is 3. The average Bonchev–Trinajstić information content (AvgIpc) is 2.66. The Morgan fingerprint density at radius 3 is 1.93 bits per heavy atom. The van der Waals surface area contributed by atoms with Crippen molar-refractivity contribution in [1.82, 2.24) is 9.29 Å². The van der Waals surface area contributed by atoms with Gasteiger partial charge in [0, 0.05) is 32.4 Å². The van der Waals surface area contributed by atoms with E-state index in [2.05, 4.69) is 4.98 Å². The molecular formula is C20H24F3N3O2S. The highest BCUT2D eigenvalue weighted by molar-refractivity contribution is 7.89. The Balaban J connectivity index is 1.79. The van der Waals surface area contributed by atoms with Crippen LogP contribution >= 0.6 is 0 Å². The number of anilines is 1. The molecule has 0 bridgehead atoms. The molecule has 1 aliphatic heterocycles. The summed E-state index contributed by atoms with van der Waals surface area (Å²) in [6.07, 6.45) is -3.62. The van der Waals surface area contributed by atoms with E-state index >= 15 is 0 Å². The number of nitrogens with zero attached hydrogens (tertiary/aromatic N) is 3. The standard InChI is InChI=1S/C20H24F3N3O2S/c1-13-11-14(2)16(4)19(15(13)3)29(27,28)26-9-7-25(8-10-26)18-6-5-17(12-24-18)20(21,22)23/h5-6,11-12H,7-10H2,1-4H3. The largest absolute Gasteiger partial charge is 0.417 e. The molecular weight excluding hydrogens is 403 g/mol. The van der Waals surface area contributed by atoms with Crippen LogP contribution in [0.15, 0.2) is 29.3 Å². The number of alkyl halides is 3. The van der Waals surface area contributed by atoms with Crippen LogP contribution in [0.4, 0.5) is 19.0 Å². The minimum absolute atomic E-state index is 0.247. The van der Waals surface area contributed by atoms with E-state index in [1.165, 1.54) is 10.4 Å². The molecule has 0 amide bonds. The highest BCUT2D eigenvalue weighted by Crippen LogP contribution is 2.31. The molecule has 0 atom stereocenters. The number of pyridine rings is 1. The van der Waals surface area contributed by atoms with Crippen LogP contribution in [0.5, 0.6) is 0 Å². The van der Waals surface area contributed by atoms with Crippen molar-refractivity contribution < 1.29 is 21.6 Å². The Hall–Kier alpha value is -2.13. The molecule has 1 aromatic heterocycles. The molecule has 158 valence electrons. The first-order valence-corrected chi connectivity index (χ1v) is 10.7. The monoisotopic (exact) mass is 427 g/mol. The van der Waals surface area contributed by atoms with Crippen LogP contribution in [0.25, 0.3) is 0 Å². The van der Waals surface area contributed by atoms with Crippen LogP contribution in [0, 0.1) is 27.7 Å². The van der Waals surface area contributed by atoms with Crippen LogP contribution in [0.1, 0.15) is 27.8 Å².